The second-order valence-corrected chi connectivity index (χ2v) is 45.3. The van der Waals surface area contributed by atoms with E-state index in [-0.39, 0.29) is 221 Å². The monoisotopic (exact) mass is 2780 g/mol. The molecule has 0 amide bonds. The number of rotatable bonds is 12. The Morgan fingerprint density at radius 1 is 0.134 bits per heavy atom. The normalized spacial score (nSPS) is 8.61. The second kappa shape index (κ2) is 133. The molecule has 134 heavy (non-hydrogen) atoms. The van der Waals surface area contributed by atoms with E-state index in [1.165, 1.54) is 11.1 Å². The van der Waals surface area contributed by atoms with Crippen LogP contribution in [-0.4, -0.2) is 139 Å². The van der Waals surface area contributed by atoms with E-state index in [1.54, 1.807) is 149 Å². The zero-order chi connectivity index (χ0) is 90.1. The summed E-state index contributed by atoms with van der Waals surface area (Å²) in [6, 6.07) is 77.1. The molecule has 0 saturated carbocycles. The van der Waals surface area contributed by atoms with Gasteiger partial charge < -0.3 is 110 Å². The van der Waals surface area contributed by atoms with E-state index in [9.17, 15) is 0 Å². The topological polar surface area (TPSA) is 218 Å². The molecular formula is C104H158Cl8N12O2Os4P4. The van der Waals surface area contributed by atoms with E-state index in [1.807, 2.05) is 218 Å². The number of aromatic nitrogens is 12. The summed E-state index contributed by atoms with van der Waals surface area (Å²) < 4.78 is 0. The van der Waals surface area contributed by atoms with Crippen molar-refractivity contribution in [2.75, 3.05) is 0 Å². The third-order valence-corrected chi connectivity index (χ3v) is 29.5. The van der Waals surface area contributed by atoms with Crippen molar-refractivity contribution in [3.63, 3.8) is 0 Å². The molecule has 13 aromatic rings. The molecule has 0 bridgehead atoms. The average molecular weight is 2780 g/mol. The summed E-state index contributed by atoms with van der Waals surface area (Å²) in [5.41, 5.74) is 13.4. The van der Waals surface area contributed by atoms with Crippen molar-refractivity contribution in [3.8, 4) is 0 Å². The molecule has 1 aromatic carbocycles. The Morgan fingerprint density at radius 2 is 0.194 bits per heavy atom. The largest absolute Gasteiger partial charge is 2.00 e. The molecule has 0 fully saturated rings. The number of benzene rings is 1. The SMILES string of the molecule is CC(C)P(C(C)C)C(C)C.CC(C)P(C(C)C)C(C)C.CC(C)P(C(C)C)C(C)C.CC(C)P(C(C)C)C(C)C.Cc1ccc(C)cc1.O.O.[Cl-].[Cl-].[Cl-].[Cl-].[Cl-].[Cl-].[Cl-].[Cl-].[Os+2].[Os+2].[Os+2].[Os+2].c1ccncc1.c1ccncc1.c1ccncc1.c1ccncc1.c1ccncc1.c1ccncc1.c1ccncc1.c1ccncc1.c1ccncc1.c1ccncc1.c1ccncc1.c1ccncc1. The van der Waals surface area contributed by atoms with Crippen molar-refractivity contribution in [2.45, 2.75) is 248 Å². The van der Waals surface area contributed by atoms with Gasteiger partial charge in [0.15, 0.2) is 0 Å². The molecule has 0 radical (unpaired) electrons. The summed E-state index contributed by atoms with van der Waals surface area (Å²) in [4.78, 5) is 45.4. The van der Waals surface area contributed by atoms with Crippen LogP contribution in [0.5, 0.6) is 0 Å². The maximum atomic E-state index is 3.78. The first-order valence-electron chi connectivity index (χ1n) is 42.0. The van der Waals surface area contributed by atoms with Gasteiger partial charge in [0.1, 0.15) is 0 Å². The fourth-order valence-corrected chi connectivity index (χ4v) is 25.9. The molecule has 30 heteroatoms. The standard InChI is InChI=1S/4C9H21P.C8H10.12C5H5N.8ClH.2H2O.4Os/c4*1-7(2)10(8(3)4)9(5)6;1-7-3-5-8(2)6-4-7;12*1-2-4-6-5-3-1;;;;;;;;;;;;;;/h4*7-9H,1-6H3;3-6H,1-2H3;12*1-5H;8*1H;2*1H2;;;;/q;;;;;;;;;;;;;;;;;;;;;;;;;;;4*+2/p-8. The van der Waals surface area contributed by atoms with Crippen LogP contribution < -0.4 is 99.3 Å². The number of hydrogen-bond acceptors (Lipinski definition) is 12. The minimum Gasteiger partial charge on any atom is -1.00 e. The number of halogens is 8. The second-order valence-electron chi connectivity index (χ2n) is 29.4. The Labute approximate surface area is 922 Å². The Bertz CT molecular complexity index is 2750. The Balaban J connectivity index is -0.0000000664. The van der Waals surface area contributed by atoms with Gasteiger partial charge in [0, 0.05) is 149 Å². The molecule has 4 N–H and O–H groups in total. The van der Waals surface area contributed by atoms with Crippen LogP contribution >= 0.6 is 31.7 Å². The predicted octanol–water partition coefficient (Wildman–Crippen LogP) is 4.43. The van der Waals surface area contributed by atoms with Crippen LogP contribution in [0, 0.1) is 13.8 Å². The zero-order valence-corrected chi connectivity index (χ0v) is 103. The van der Waals surface area contributed by atoms with Gasteiger partial charge in [-0.3, -0.25) is 59.8 Å². The quantitative estimate of drug-likeness (QED) is 0.155. The van der Waals surface area contributed by atoms with E-state index in [0.29, 0.717) is 0 Å². The number of hydrogen-bond donors (Lipinski definition) is 0. The molecule has 0 aliphatic rings. The number of pyridine rings is 12. The minimum atomic E-state index is 0. The van der Waals surface area contributed by atoms with Crippen molar-refractivity contribution < 1.29 is 189 Å². The van der Waals surface area contributed by atoms with Gasteiger partial charge in [-0.1, -0.05) is 306 Å². The minimum absolute atomic E-state index is 0. The average Bonchev–Trinajstić information content (AvgIpc) is 0.924. The van der Waals surface area contributed by atoms with Gasteiger partial charge in [0.05, 0.1) is 0 Å². The Hall–Kier alpha value is -4.47. The molecule has 0 saturated heterocycles. The third-order valence-electron chi connectivity index (χ3n) is 15.2. The van der Waals surface area contributed by atoms with Gasteiger partial charge >= 0.3 is 79.2 Å². The van der Waals surface area contributed by atoms with Gasteiger partial charge in [-0.05, 0) is 227 Å². The van der Waals surface area contributed by atoms with Crippen LogP contribution in [0.3, 0.4) is 0 Å². The number of aryl methyl sites for hydroxylation is 2. The summed E-state index contributed by atoms with van der Waals surface area (Å²) in [6.45, 7) is 60.7. The molecule has 0 aliphatic carbocycles. The molecular weight excluding hydrogens is 2620 g/mol. The van der Waals surface area contributed by atoms with Gasteiger partial charge in [0.25, 0.3) is 0 Å². The summed E-state index contributed by atoms with van der Waals surface area (Å²) in [5.74, 6) is 0. The molecule has 13 rings (SSSR count). The molecule has 0 atom stereocenters. The van der Waals surface area contributed by atoms with Gasteiger partial charge in [-0.2, -0.15) is 0 Å². The maximum Gasteiger partial charge on any atom is 2.00 e. The molecule has 12 aromatic heterocycles. The van der Waals surface area contributed by atoms with Crippen LogP contribution in [0.15, 0.2) is 391 Å². The fraction of sp³-hybridized carbons (Fsp3) is 0.365. The van der Waals surface area contributed by atoms with Gasteiger partial charge in [-0.15, -0.1) is 0 Å². The van der Waals surface area contributed by atoms with Crippen molar-refractivity contribution >= 4 is 31.7 Å². The van der Waals surface area contributed by atoms with E-state index >= 15 is 0 Å². The first-order chi connectivity index (χ1) is 57.6. The van der Waals surface area contributed by atoms with Crippen molar-refractivity contribution in [2.24, 2.45) is 0 Å². The summed E-state index contributed by atoms with van der Waals surface area (Å²) >= 11 is 0. The third kappa shape index (κ3) is 130. The Kier molecular flexibility index (Phi) is 170. The van der Waals surface area contributed by atoms with E-state index in [4.69, 9.17) is 0 Å². The van der Waals surface area contributed by atoms with E-state index in [0.717, 1.165) is 67.9 Å². The molecule has 0 unspecified atom stereocenters. The van der Waals surface area contributed by atoms with Crippen molar-refractivity contribution in [1.29, 1.82) is 0 Å². The smallest absolute Gasteiger partial charge is 1.00 e. The summed E-state index contributed by atoms with van der Waals surface area (Å²) in [7, 11) is 1.05. The van der Waals surface area contributed by atoms with Crippen molar-refractivity contribution in [3.05, 3.63) is 403 Å². The van der Waals surface area contributed by atoms with E-state index < -0.39 is 0 Å². The predicted molar refractivity (Wildman–Crippen MR) is 543 cm³/mol. The molecule has 0 spiro atoms. The molecule has 0 aliphatic heterocycles. The fourth-order valence-electron chi connectivity index (χ4n) is 11.5. The van der Waals surface area contributed by atoms with Gasteiger partial charge in [0.2, 0.25) is 0 Å². The maximum absolute atomic E-state index is 3.78. The Morgan fingerprint density at radius 3 is 0.216 bits per heavy atom. The summed E-state index contributed by atoms with van der Waals surface area (Å²) in [6.07, 6.45) is 42.0. The first kappa shape index (κ1) is 172. The molecule has 12 heterocycles. The van der Waals surface area contributed by atoms with Crippen LogP contribution in [0.4, 0.5) is 0 Å². The molecule has 754 valence electrons. The van der Waals surface area contributed by atoms with Crippen LogP contribution in [0.25, 0.3) is 0 Å². The zero-order valence-electron chi connectivity index (χ0n) is 83.5. The van der Waals surface area contributed by atoms with Crippen LogP contribution in [0.1, 0.15) is 177 Å². The summed E-state index contributed by atoms with van der Waals surface area (Å²) in [5, 5.41) is 0. The van der Waals surface area contributed by atoms with Gasteiger partial charge in [-0.25, -0.2) is 0 Å². The first-order valence-corrected chi connectivity index (χ1v) is 48.2. The van der Waals surface area contributed by atoms with Crippen molar-refractivity contribution in [1.82, 2.24) is 59.8 Å². The van der Waals surface area contributed by atoms with E-state index in [2.05, 4.69) is 264 Å². The molecule has 14 nitrogen and oxygen atoms in total. The van der Waals surface area contributed by atoms with Crippen LogP contribution in [-0.2, 0) is 79.2 Å². The number of nitrogens with zero attached hydrogens (tertiary/aromatic N) is 12. The van der Waals surface area contributed by atoms with Crippen LogP contribution in [0.2, 0.25) is 0 Å².